The van der Waals surface area contributed by atoms with E-state index in [2.05, 4.69) is 15.4 Å². The van der Waals surface area contributed by atoms with Crippen LogP contribution in [0.5, 0.6) is 0 Å². The largest absolute Gasteiger partial charge is 0.383 e. The van der Waals surface area contributed by atoms with Crippen LogP contribution in [0.15, 0.2) is 45.8 Å². The standard InChI is InChI=1S/C10H14N4O/c1-15-8-7-12-14-13-10(11)9-5-3-2-4-6-9/h2-6H,7-8H2,1H3,(H2,11,12,13). The molecule has 5 heteroatoms. The Kier molecular flexibility index (Phi) is 5.03. The van der Waals surface area contributed by atoms with Gasteiger partial charge in [-0.25, -0.2) is 0 Å². The van der Waals surface area contributed by atoms with Crippen molar-refractivity contribution in [3.8, 4) is 0 Å². The lowest BCUT2D eigenvalue weighted by molar-refractivity contribution is 0.206. The predicted octanol–water partition coefficient (Wildman–Crippen LogP) is 1.41. The number of hydrogen-bond donors (Lipinski definition) is 1. The summed E-state index contributed by atoms with van der Waals surface area (Å²) in [5, 5.41) is 11.1. The maximum atomic E-state index is 5.67. The summed E-state index contributed by atoms with van der Waals surface area (Å²) in [6.07, 6.45) is 0. The predicted molar refractivity (Wildman–Crippen MR) is 58.8 cm³/mol. The van der Waals surface area contributed by atoms with Gasteiger partial charge >= 0.3 is 0 Å². The molecule has 1 aromatic carbocycles. The van der Waals surface area contributed by atoms with Crippen molar-refractivity contribution in [2.24, 2.45) is 21.2 Å². The summed E-state index contributed by atoms with van der Waals surface area (Å²) in [6, 6.07) is 9.42. The highest BCUT2D eigenvalue weighted by Crippen LogP contribution is 1.97. The second-order valence-electron chi connectivity index (χ2n) is 2.80. The summed E-state index contributed by atoms with van der Waals surface area (Å²) in [6.45, 7) is 1.02. The van der Waals surface area contributed by atoms with E-state index in [1.54, 1.807) is 7.11 Å². The van der Waals surface area contributed by atoms with Crippen LogP contribution in [0.4, 0.5) is 0 Å². The molecule has 0 aliphatic rings. The molecule has 1 aromatic rings. The van der Waals surface area contributed by atoms with Crippen LogP contribution in [0, 0.1) is 0 Å². The first-order valence-electron chi connectivity index (χ1n) is 4.59. The topological polar surface area (TPSA) is 72.3 Å². The summed E-state index contributed by atoms with van der Waals surface area (Å²) in [7, 11) is 1.61. The van der Waals surface area contributed by atoms with Gasteiger partial charge in [-0.3, -0.25) is 0 Å². The number of ether oxygens (including phenoxy) is 1. The zero-order valence-electron chi connectivity index (χ0n) is 8.63. The highest BCUT2D eigenvalue weighted by atomic mass is 16.5. The Hall–Kier alpha value is -1.75. The first kappa shape index (κ1) is 11.3. The molecule has 0 unspecified atom stereocenters. The molecule has 15 heavy (non-hydrogen) atoms. The SMILES string of the molecule is COCCN=N/N=C(\N)c1ccccc1. The van der Waals surface area contributed by atoms with E-state index in [-0.39, 0.29) is 0 Å². The van der Waals surface area contributed by atoms with Crippen molar-refractivity contribution < 1.29 is 4.74 Å². The minimum Gasteiger partial charge on any atom is -0.383 e. The Balaban J connectivity index is 2.50. The maximum absolute atomic E-state index is 5.67. The minimum absolute atomic E-state index is 0.358. The normalized spacial score (nSPS) is 12.2. The molecule has 0 spiro atoms. The van der Waals surface area contributed by atoms with Crippen molar-refractivity contribution in [3.63, 3.8) is 0 Å². The first-order valence-corrected chi connectivity index (χ1v) is 4.59. The minimum atomic E-state index is 0.358. The van der Waals surface area contributed by atoms with E-state index in [1.807, 2.05) is 30.3 Å². The third-order valence-corrected chi connectivity index (χ3v) is 1.68. The van der Waals surface area contributed by atoms with E-state index >= 15 is 0 Å². The molecule has 2 N–H and O–H groups in total. The molecule has 80 valence electrons. The highest BCUT2D eigenvalue weighted by molar-refractivity contribution is 5.97. The summed E-state index contributed by atoms with van der Waals surface area (Å²) in [5.74, 6) is 0.358. The summed E-state index contributed by atoms with van der Waals surface area (Å²) < 4.78 is 4.80. The van der Waals surface area contributed by atoms with Gasteiger partial charge in [0.15, 0.2) is 5.84 Å². The molecule has 0 aromatic heterocycles. The summed E-state index contributed by atoms with van der Waals surface area (Å²) in [5.41, 5.74) is 6.51. The van der Waals surface area contributed by atoms with Crippen LogP contribution in [0.2, 0.25) is 0 Å². The smallest absolute Gasteiger partial charge is 0.155 e. The fourth-order valence-electron chi connectivity index (χ4n) is 0.923. The van der Waals surface area contributed by atoms with Crippen LogP contribution >= 0.6 is 0 Å². The lowest BCUT2D eigenvalue weighted by Gasteiger charge is -1.95. The van der Waals surface area contributed by atoms with Gasteiger partial charge in [-0.15, -0.1) is 5.10 Å². The molecular weight excluding hydrogens is 192 g/mol. The molecular formula is C10H14N4O. The lowest BCUT2D eigenvalue weighted by Crippen LogP contribution is -2.12. The number of rotatable bonds is 5. The van der Waals surface area contributed by atoms with Crippen LogP contribution in [-0.2, 0) is 4.74 Å². The van der Waals surface area contributed by atoms with Crippen molar-refractivity contribution in [2.75, 3.05) is 20.3 Å². The Bertz CT molecular complexity index is 335. The van der Waals surface area contributed by atoms with Gasteiger partial charge in [0.2, 0.25) is 0 Å². The van der Waals surface area contributed by atoms with Gasteiger partial charge in [-0.1, -0.05) is 30.3 Å². The maximum Gasteiger partial charge on any atom is 0.155 e. The van der Waals surface area contributed by atoms with Gasteiger partial charge < -0.3 is 10.5 Å². The molecule has 5 nitrogen and oxygen atoms in total. The van der Waals surface area contributed by atoms with Crippen LogP contribution in [0.3, 0.4) is 0 Å². The fraction of sp³-hybridized carbons (Fsp3) is 0.300. The van der Waals surface area contributed by atoms with Crippen LogP contribution in [-0.4, -0.2) is 26.1 Å². The van der Waals surface area contributed by atoms with Gasteiger partial charge in [0.05, 0.1) is 13.2 Å². The number of methoxy groups -OCH3 is 1. The van der Waals surface area contributed by atoms with Crippen LogP contribution in [0.25, 0.3) is 0 Å². The van der Waals surface area contributed by atoms with Gasteiger partial charge in [-0.05, 0) is 5.22 Å². The van der Waals surface area contributed by atoms with E-state index in [4.69, 9.17) is 10.5 Å². The molecule has 1 rings (SSSR count). The Labute approximate surface area is 88.7 Å². The molecule has 0 aliphatic heterocycles. The molecule has 0 heterocycles. The lowest BCUT2D eigenvalue weighted by atomic mass is 10.2. The van der Waals surface area contributed by atoms with E-state index in [0.29, 0.717) is 19.0 Å². The highest BCUT2D eigenvalue weighted by Gasteiger charge is 1.94. The van der Waals surface area contributed by atoms with Gasteiger partial charge in [-0.2, -0.15) is 5.11 Å². The van der Waals surface area contributed by atoms with Gasteiger partial charge in [0.1, 0.15) is 0 Å². The quantitative estimate of drug-likeness (QED) is 0.260. The van der Waals surface area contributed by atoms with E-state index < -0.39 is 0 Å². The molecule has 0 fully saturated rings. The van der Waals surface area contributed by atoms with Gasteiger partial charge in [0.25, 0.3) is 0 Å². The Morgan fingerprint density at radius 3 is 2.73 bits per heavy atom. The molecule has 0 amide bonds. The van der Waals surface area contributed by atoms with Crippen LogP contribution < -0.4 is 5.73 Å². The Morgan fingerprint density at radius 2 is 2.07 bits per heavy atom. The van der Waals surface area contributed by atoms with Crippen molar-refractivity contribution in [1.82, 2.24) is 0 Å². The zero-order chi connectivity index (χ0) is 10.9. The van der Waals surface area contributed by atoms with E-state index in [9.17, 15) is 0 Å². The van der Waals surface area contributed by atoms with E-state index in [1.165, 1.54) is 0 Å². The van der Waals surface area contributed by atoms with Crippen molar-refractivity contribution in [1.29, 1.82) is 0 Å². The number of nitrogens with zero attached hydrogens (tertiary/aromatic N) is 3. The molecule has 0 bridgehead atoms. The first-order chi connectivity index (χ1) is 7.34. The number of benzene rings is 1. The monoisotopic (exact) mass is 206 g/mol. The average molecular weight is 206 g/mol. The summed E-state index contributed by atoms with van der Waals surface area (Å²) >= 11 is 0. The third kappa shape index (κ3) is 4.33. The summed E-state index contributed by atoms with van der Waals surface area (Å²) in [4.78, 5) is 0. The molecule has 0 saturated heterocycles. The van der Waals surface area contributed by atoms with E-state index in [0.717, 1.165) is 5.56 Å². The zero-order valence-corrected chi connectivity index (χ0v) is 8.63. The number of amidine groups is 1. The van der Waals surface area contributed by atoms with Crippen LogP contribution in [0.1, 0.15) is 5.56 Å². The molecule has 0 aliphatic carbocycles. The van der Waals surface area contributed by atoms with Crippen molar-refractivity contribution in [3.05, 3.63) is 35.9 Å². The second-order valence-corrected chi connectivity index (χ2v) is 2.80. The Morgan fingerprint density at radius 1 is 1.33 bits per heavy atom. The molecule has 0 atom stereocenters. The van der Waals surface area contributed by atoms with Crippen molar-refractivity contribution >= 4 is 5.84 Å². The number of hydrogen-bond acceptors (Lipinski definition) is 3. The van der Waals surface area contributed by atoms with Crippen molar-refractivity contribution in [2.45, 2.75) is 0 Å². The third-order valence-electron chi connectivity index (χ3n) is 1.68. The second kappa shape index (κ2) is 6.67. The number of nitrogens with two attached hydrogens (primary N) is 1. The fourth-order valence-corrected chi connectivity index (χ4v) is 0.923. The van der Waals surface area contributed by atoms with Gasteiger partial charge in [0, 0.05) is 12.7 Å². The molecule has 0 saturated carbocycles. The average Bonchev–Trinajstić information content (AvgIpc) is 2.30. The molecule has 0 radical (unpaired) electrons.